The maximum atomic E-state index is 14.3. The van der Waals surface area contributed by atoms with Crippen molar-refractivity contribution in [1.82, 2.24) is 4.90 Å². The van der Waals surface area contributed by atoms with E-state index >= 15 is 0 Å². The Hall–Kier alpha value is -0.195. The van der Waals surface area contributed by atoms with E-state index in [9.17, 15) is 8.78 Å². The Morgan fingerprint density at radius 2 is 1.63 bits per heavy atom. The number of halogens is 2. The highest BCUT2D eigenvalue weighted by atomic mass is 19.3. The van der Waals surface area contributed by atoms with Gasteiger partial charge in [0.25, 0.3) is 5.92 Å². The molecule has 2 saturated heterocycles. The molecule has 3 fully saturated rings. The van der Waals surface area contributed by atoms with Crippen molar-refractivity contribution in [2.75, 3.05) is 20.1 Å². The molecule has 3 nitrogen and oxygen atoms in total. The molecular formula is C13H22BF2NO2. The molecule has 19 heavy (non-hydrogen) atoms. The summed E-state index contributed by atoms with van der Waals surface area (Å²) in [5, 5.41) is -1.11. The molecule has 0 aromatic heterocycles. The largest absolute Gasteiger partial charge is 0.471 e. The van der Waals surface area contributed by atoms with E-state index in [-0.39, 0.29) is 0 Å². The Kier molecular flexibility index (Phi) is 2.55. The zero-order valence-electron chi connectivity index (χ0n) is 12.3. The Bertz CT molecular complexity index is 399. The topological polar surface area (TPSA) is 21.7 Å². The Morgan fingerprint density at radius 3 is 2.11 bits per heavy atom. The Morgan fingerprint density at radius 1 is 1.11 bits per heavy atom. The third kappa shape index (κ3) is 1.54. The molecule has 2 unspecified atom stereocenters. The predicted molar refractivity (Wildman–Crippen MR) is 69.3 cm³/mol. The molecule has 3 rings (SSSR count). The van der Waals surface area contributed by atoms with Gasteiger partial charge in [-0.15, -0.1) is 0 Å². The van der Waals surface area contributed by atoms with Crippen LogP contribution >= 0.6 is 0 Å². The second-order valence-electron chi connectivity index (χ2n) is 7.32. The highest BCUT2D eigenvalue weighted by molar-refractivity contribution is 6.52. The van der Waals surface area contributed by atoms with Crippen molar-refractivity contribution in [1.29, 1.82) is 0 Å². The van der Waals surface area contributed by atoms with Gasteiger partial charge in [0.15, 0.2) is 0 Å². The van der Waals surface area contributed by atoms with Gasteiger partial charge in [-0.2, -0.15) is 0 Å². The molecule has 2 heterocycles. The monoisotopic (exact) mass is 273 g/mol. The van der Waals surface area contributed by atoms with E-state index in [2.05, 4.69) is 0 Å². The number of likely N-dealkylation sites (tertiary alicyclic amines) is 1. The normalized spacial score (nSPS) is 43.1. The summed E-state index contributed by atoms with van der Waals surface area (Å²) in [5.74, 6) is -3.30. The average molecular weight is 273 g/mol. The maximum Gasteiger partial charge on any atom is 0.471 e. The second kappa shape index (κ2) is 3.52. The molecule has 2 aliphatic heterocycles. The minimum absolute atomic E-state index is 0.428. The Balaban J connectivity index is 1.88. The van der Waals surface area contributed by atoms with Crippen LogP contribution in [0.15, 0.2) is 0 Å². The van der Waals surface area contributed by atoms with Crippen molar-refractivity contribution in [2.45, 2.75) is 56.6 Å². The van der Waals surface area contributed by atoms with Crippen LogP contribution in [0.2, 0.25) is 5.31 Å². The summed E-state index contributed by atoms with van der Waals surface area (Å²) in [6.45, 7) is 8.75. The summed E-state index contributed by atoms with van der Waals surface area (Å²) in [6.07, 6.45) is 0.442. The van der Waals surface area contributed by atoms with E-state index in [1.807, 2.05) is 39.6 Å². The molecule has 3 aliphatic rings. The molecule has 0 radical (unpaired) electrons. The van der Waals surface area contributed by atoms with Crippen LogP contribution in [-0.2, 0) is 9.31 Å². The van der Waals surface area contributed by atoms with Crippen LogP contribution in [0.25, 0.3) is 0 Å². The van der Waals surface area contributed by atoms with Crippen molar-refractivity contribution in [3.63, 3.8) is 0 Å². The van der Waals surface area contributed by atoms with Gasteiger partial charge in [-0.25, -0.2) is 8.78 Å². The SMILES string of the molecule is CN1CCC2(B3OC(C)(C)C(C)(C)O3)C(C1)C2(F)F. The maximum absolute atomic E-state index is 14.3. The number of alkyl halides is 2. The summed E-state index contributed by atoms with van der Waals surface area (Å²) >= 11 is 0. The lowest BCUT2D eigenvalue weighted by atomic mass is 9.63. The van der Waals surface area contributed by atoms with Gasteiger partial charge < -0.3 is 14.2 Å². The van der Waals surface area contributed by atoms with Crippen molar-refractivity contribution < 1.29 is 18.1 Å². The van der Waals surface area contributed by atoms with Crippen molar-refractivity contribution in [2.24, 2.45) is 5.92 Å². The third-order valence-corrected chi connectivity index (χ3v) is 5.67. The molecule has 0 amide bonds. The van der Waals surface area contributed by atoms with E-state index in [1.54, 1.807) is 0 Å². The van der Waals surface area contributed by atoms with Gasteiger partial charge in [-0.05, 0) is 47.7 Å². The highest BCUT2D eigenvalue weighted by Gasteiger charge is 2.88. The summed E-state index contributed by atoms with van der Waals surface area (Å²) in [4.78, 5) is 1.97. The number of fused-ring (bicyclic) bond motifs is 1. The fraction of sp³-hybridized carbons (Fsp3) is 1.00. The number of hydrogen-bond acceptors (Lipinski definition) is 3. The van der Waals surface area contributed by atoms with E-state index in [4.69, 9.17) is 9.31 Å². The van der Waals surface area contributed by atoms with E-state index in [0.29, 0.717) is 19.5 Å². The van der Waals surface area contributed by atoms with Crippen molar-refractivity contribution >= 4 is 7.12 Å². The van der Waals surface area contributed by atoms with Crippen LogP contribution < -0.4 is 0 Å². The van der Waals surface area contributed by atoms with Crippen molar-refractivity contribution in [3.05, 3.63) is 0 Å². The van der Waals surface area contributed by atoms with Crippen LogP contribution in [0.1, 0.15) is 34.1 Å². The number of hydrogen-bond donors (Lipinski definition) is 0. The average Bonchev–Trinajstić information content (AvgIpc) is 2.64. The molecule has 0 aromatic carbocycles. The van der Waals surface area contributed by atoms with E-state index in [0.717, 1.165) is 0 Å². The molecule has 1 saturated carbocycles. The van der Waals surface area contributed by atoms with Gasteiger partial charge in [0.1, 0.15) is 0 Å². The third-order valence-electron chi connectivity index (χ3n) is 5.67. The quantitative estimate of drug-likeness (QED) is 0.685. The standard InChI is InChI=1S/C13H22BF2NO2/c1-10(2)11(3,4)19-14(18-10)12-6-7-17(5)8-9(12)13(12,15)16/h9H,6-8H2,1-5H3. The van der Waals surface area contributed by atoms with E-state index < -0.39 is 35.5 Å². The smallest absolute Gasteiger partial charge is 0.403 e. The van der Waals surface area contributed by atoms with E-state index in [1.165, 1.54) is 0 Å². The van der Waals surface area contributed by atoms with Crippen LogP contribution in [0, 0.1) is 5.92 Å². The zero-order chi connectivity index (χ0) is 14.3. The minimum Gasteiger partial charge on any atom is -0.403 e. The number of rotatable bonds is 1. The lowest BCUT2D eigenvalue weighted by Gasteiger charge is -2.32. The lowest BCUT2D eigenvalue weighted by molar-refractivity contribution is 0.00578. The van der Waals surface area contributed by atoms with Crippen LogP contribution in [0.4, 0.5) is 8.78 Å². The lowest BCUT2D eigenvalue weighted by Crippen LogP contribution is -2.41. The highest BCUT2D eigenvalue weighted by Crippen LogP contribution is 2.78. The van der Waals surface area contributed by atoms with Crippen LogP contribution in [0.3, 0.4) is 0 Å². The first kappa shape index (κ1) is 13.8. The minimum atomic E-state index is -2.67. The molecule has 0 N–H and O–H groups in total. The molecule has 2 atom stereocenters. The molecule has 0 spiro atoms. The summed E-state index contributed by atoms with van der Waals surface area (Å²) in [6, 6.07) is 0. The molecule has 1 aliphatic carbocycles. The van der Waals surface area contributed by atoms with Gasteiger partial charge >= 0.3 is 7.12 Å². The fourth-order valence-corrected chi connectivity index (χ4v) is 3.44. The molecule has 0 aromatic rings. The van der Waals surface area contributed by atoms with Gasteiger partial charge in [0, 0.05) is 12.5 Å². The molecular weight excluding hydrogens is 251 g/mol. The van der Waals surface area contributed by atoms with Crippen molar-refractivity contribution in [3.8, 4) is 0 Å². The van der Waals surface area contributed by atoms with Gasteiger partial charge in [0.2, 0.25) is 0 Å². The summed E-state index contributed by atoms with van der Waals surface area (Å²) in [7, 11) is 1.11. The van der Waals surface area contributed by atoms with Gasteiger partial charge in [0.05, 0.1) is 16.5 Å². The van der Waals surface area contributed by atoms with Crippen LogP contribution in [-0.4, -0.2) is 49.3 Å². The predicted octanol–water partition coefficient (Wildman–Crippen LogP) is 2.42. The summed E-state index contributed by atoms with van der Waals surface area (Å²) < 4.78 is 40.4. The first-order valence-electron chi connectivity index (χ1n) is 6.97. The molecule has 6 heteroatoms. The second-order valence-corrected chi connectivity index (χ2v) is 7.32. The molecule has 0 bridgehead atoms. The zero-order valence-corrected chi connectivity index (χ0v) is 12.3. The first-order chi connectivity index (χ1) is 8.55. The number of nitrogens with zero attached hydrogens (tertiary/aromatic N) is 1. The van der Waals surface area contributed by atoms with Crippen LogP contribution in [0.5, 0.6) is 0 Å². The first-order valence-corrected chi connectivity index (χ1v) is 6.97. The molecule has 108 valence electrons. The Labute approximate surface area is 113 Å². The number of piperidine rings is 1. The summed E-state index contributed by atoms with van der Waals surface area (Å²) in [5.41, 5.74) is -1.09. The fourth-order valence-electron chi connectivity index (χ4n) is 3.44. The van der Waals surface area contributed by atoms with Gasteiger partial charge in [-0.1, -0.05) is 0 Å². The van der Waals surface area contributed by atoms with Gasteiger partial charge in [-0.3, -0.25) is 0 Å².